The van der Waals surface area contributed by atoms with E-state index in [-0.39, 0.29) is 66.4 Å². The van der Waals surface area contributed by atoms with E-state index in [0.717, 1.165) is 23.1 Å². The van der Waals surface area contributed by atoms with Crippen LogP contribution in [0.1, 0.15) is 98.8 Å². The zero-order valence-corrected chi connectivity index (χ0v) is 31.8. The maximum atomic E-state index is 13.6. The molecule has 15 nitrogen and oxygen atoms in total. The van der Waals surface area contributed by atoms with E-state index in [1.54, 1.807) is 36.9 Å². The van der Waals surface area contributed by atoms with E-state index in [0.29, 0.717) is 49.2 Å². The van der Waals surface area contributed by atoms with Crippen molar-refractivity contribution < 1.29 is 51.5 Å². The van der Waals surface area contributed by atoms with Crippen LogP contribution in [0, 0.1) is 5.41 Å². The van der Waals surface area contributed by atoms with Gasteiger partial charge in [0.1, 0.15) is 23.2 Å². The number of hydrogen-bond acceptors (Lipinski definition) is 10. The molecule has 3 aromatic rings. The molecule has 0 spiro atoms. The molecule has 18 heteroatoms. The second-order valence-electron chi connectivity index (χ2n) is 15.3. The molecule has 2 fully saturated rings. The first-order chi connectivity index (χ1) is 27.5. The van der Waals surface area contributed by atoms with Crippen molar-refractivity contribution in [1.29, 1.82) is 0 Å². The fourth-order valence-electron chi connectivity index (χ4n) is 7.69. The van der Waals surface area contributed by atoms with Crippen molar-refractivity contribution in [2.45, 2.75) is 70.8 Å². The zero-order chi connectivity index (χ0) is 41.7. The van der Waals surface area contributed by atoms with Gasteiger partial charge in [0.05, 0.1) is 29.6 Å². The minimum atomic E-state index is -4.73. The van der Waals surface area contributed by atoms with Gasteiger partial charge in [-0.15, -0.1) is 0 Å². The summed E-state index contributed by atoms with van der Waals surface area (Å²) < 4.78 is 44.9. The third kappa shape index (κ3) is 7.57. The number of anilines is 2. The number of benzene rings is 2. The number of aromatic nitrogens is 1. The van der Waals surface area contributed by atoms with Crippen LogP contribution in [0.25, 0.3) is 0 Å². The van der Waals surface area contributed by atoms with Gasteiger partial charge in [0.25, 0.3) is 23.6 Å². The number of fused-ring (bicyclic) bond motifs is 2. The maximum Gasteiger partial charge on any atom is 0.433 e. The van der Waals surface area contributed by atoms with Gasteiger partial charge in [-0.2, -0.15) is 13.2 Å². The Kier molecular flexibility index (Phi) is 10.5. The summed E-state index contributed by atoms with van der Waals surface area (Å²) in [5.74, 6) is -3.56. The Morgan fingerprint density at radius 1 is 0.931 bits per heavy atom. The lowest BCUT2D eigenvalue weighted by Crippen LogP contribution is -2.54. The maximum absolute atomic E-state index is 13.6. The fraction of sp³-hybridized carbons (Fsp3) is 0.400. The standard InChI is InChI=1S/C40H40F3N7O8/c1-39(2,14-17-49-20-21-18-26(29(58-3)19-24(21)35(49)54)46-33(52)25-7-5-9-30(45-25)40(41,42)43)38(57)44-22-12-15-48(16-13-22)27-8-4-6-23-32(27)37(56)50(36(23)55)28-10-11-31(51)47-34(28)53/h4-9,18-19,22,28H,10-17,20H2,1-3H3,(H,44,57)(H,46,52)(H,47,51,53). The van der Waals surface area contributed by atoms with Gasteiger partial charge in [0.15, 0.2) is 0 Å². The number of rotatable bonds is 10. The number of nitrogens with one attached hydrogen (secondary N) is 3. The molecule has 4 aliphatic heterocycles. The van der Waals surface area contributed by atoms with Crippen LogP contribution >= 0.6 is 0 Å². The number of nitrogens with zero attached hydrogens (tertiary/aromatic N) is 4. The average Bonchev–Trinajstić information content (AvgIpc) is 3.63. The molecule has 7 amide bonds. The summed E-state index contributed by atoms with van der Waals surface area (Å²) in [6.07, 6.45) is -3.24. The van der Waals surface area contributed by atoms with E-state index < -0.39 is 58.6 Å². The average molecular weight is 804 g/mol. The van der Waals surface area contributed by atoms with E-state index >= 15 is 0 Å². The van der Waals surface area contributed by atoms with Crippen molar-refractivity contribution in [1.82, 2.24) is 25.4 Å². The van der Waals surface area contributed by atoms with E-state index in [1.807, 2.05) is 4.90 Å². The largest absolute Gasteiger partial charge is 0.495 e. The first-order valence-electron chi connectivity index (χ1n) is 18.7. The van der Waals surface area contributed by atoms with Crippen LogP contribution in [-0.4, -0.2) is 95.0 Å². The Morgan fingerprint density at radius 3 is 2.34 bits per heavy atom. The summed E-state index contributed by atoms with van der Waals surface area (Å²) in [4.78, 5) is 98.9. The molecule has 2 aromatic carbocycles. The van der Waals surface area contributed by atoms with Crippen molar-refractivity contribution in [2.75, 3.05) is 37.0 Å². The molecular formula is C40H40F3N7O8. The van der Waals surface area contributed by atoms with Gasteiger partial charge in [0, 0.05) is 49.6 Å². The third-order valence-corrected chi connectivity index (χ3v) is 11.1. The van der Waals surface area contributed by atoms with Crippen LogP contribution < -0.4 is 25.6 Å². The monoisotopic (exact) mass is 803 g/mol. The molecule has 58 heavy (non-hydrogen) atoms. The Morgan fingerprint density at radius 2 is 1.66 bits per heavy atom. The Hall–Kier alpha value is -6.33. The Labute approximate surface area is 330 Å². The molecule has 304 valence electrons. The lowest BCUT2D eigenvalue weighted by Gasteiger charge is -2.36. The summed E-state index contributed by atoms with van der Waals surface area (Å²) in [7, 11) is 1.33. The highest BCUT2D eigenvalue weighted by molar-refractivity contribution is 6.25. The van der Waals surface area contributed by atoms with E-state index in [1.165, 1.54) is 19.2 Å². The number of carbonyl (C=O) groups excluding carboxylic acids is 7. The number of pyridine rings is 1. The fourth-order valence-corrected chi connectivity index (χ4v) is 7.69. The van der Waals surface area contributed by atoms with Crippen LogP contribution in [0.4, 0.5) is 24.5 Å². The molecule has 7 rings (SSSR count). The van der Waals surface area contributed by atoms with E-state index in [9.17, 15) is 46.7 Å². The normalized spacial score (nSPS) is 18.6. The number of methoxy groups -OCH3 is 1. The number of carbonyl (C=O) groups is 7. The SMILES string of the molecule is COc1cc2c(cc1NC(=O)c1cccc(C(F)(F)F)n1)CN(CCC(C)(C)C(=O)NC1CCN(c3cccc4c3C(=O)N(C3CCC(=O)NC3=O)C4=O)CC1)C2=O. The minimum absolute atomic E-state index is 0.0216. The highest BCUT2D eigenvalue weighted by Gasteiger charge is 2.46. The summed E-state index contributed by atoms with van der Waals surface area (Å²) in [6.45, 7) is 4.92. The number of imide groups is 2. The van der Waals surface area contributed by atoms with Gasteiger partial charge in [-0.05, 0) is 67.6 Å². The smallest absolute Gasteiger partial charge is 0.433 e. The van der Waals surface area contributed by atoms with Crippen molar-refractivity contribution in [3.05, 3.63) is 82.2 Å². The van der Waals surface area contributed by atoms with Crippen molar-refractivity contribution in [3.63, 3.8) is 0 Å². The van der Waals surface area contributed by atoms with Crippen molar-refractivity contribution in [3.8, 4) is 5.75 Å². The molecule has 0 radical (unpaired) electrons. The molecule has 4 aliphatic rings. The first-order valence-corrected chi connectivity index (χ1v) is 18.7. The van der Waals surface area contributed by atoms with Crippen molar-refractivity contribution in [2.24, 2.45) is 5.41 Å². The molecule has 1 aromatic heterocycles. The highest BCUT2D eigenvalue weighted by Crippen LogP contribution is 2.37. The number of hydrogen-bond donors (Lipinski definition) is 3. The van der Waals surface area contributed by atoms with Gasteiger partial charge in [-0.1, -0.05) is 26.0 Å². The van der Waals surface area contributed by atoms with Gasteiger partial charge in [-0.3, -0.25) is 43.8 Å². The molecule has 5 heterocycles. The third-order valence-electron chi connectivity index (χ3n) is 11.1. The lowest BCUT2D eigenvalue weighted by atomic mass is 9.87. The molecule has 0 aliphatic carbocycles. The van der Waals surface area contributed by atoms with Crippen LogP contribution in [0.3, 0.4) is 0 Å². The summed E-state index contributed by atoms with van der Waals surface area (Å²) in [6, 6.07) is 9.73. The highest BCUT2D eigenvalue weighted by atomic mass is 19.4. The van der Waals surface area contributed by atoms with Crippen molar-refractivity contribution >= 4 is 52.7 Å². The number of piperidine rings is 2. The van der Waals surface area contributed by atoms with Crippen LogP contribution in [0.15, 0.2) is 48.5 Å². The summed E-state index contributed by atoms with van der Waals surface area (Å²) >= 11 is 0. The molecule has 2 saturated heterocycles. The topological polar surface area (TPSA) is 187 Å². The van der Waals surface area contributed by atoms with Crippen LogP contribution in [-0.2, 0) is 27.1 Å². The molecule has 1 unspecified atom stereocenters. The second kappa shape index (κ2) is 15.2. The molecule has 0 saturated carbocycles. The van der Waals surface area contributed by atoms with Gasteiger partial charge in [0.2, 0.25) is 17.7 Å². The molecule has 0 bridgehead atoms. The number of amides is 7. The van der Waals surface area contributed by atoms with Crippen LogP contribution in [0.5, 0.6) is 5.75 Å². The van der Waals surface area contributed by atoms with Gasteiger partial charge < -0.3 is 25.2 Å². The predicted molar refractivity (Wildman–Crippen MR) is 200 cm³/mol. The number of alkyl halides is 3. The Balaban J connectivity index is 0.936. The first kappa shape index (κ1) is 39.9. The predicted octanol–water partition coefficient (Wildman–Crippen LogP) is 3.92. The summed E-state index contributed by atoms with van der Waals surface area (Å²) in [5.41, 5.74) is -0.526. The second-order valence-corrected chi connectivity index (χ2v) is 15.3. The number of ether oxygens (including phenoxy) is 1. The molecule has 3 N–H and O–H groups in total. The Bertz CT molecular complexity index is 2250. The molecule has 1 atom stereocenters. The van der Waals surface area contributed by atoms with Gasteiger partial charge >= 0.3 is 6.18 Å². The van der Waals surface area contributed by atoms with E-state index in [2.05, 4.69) is 20.9 Å². The zero-order valence-electron chi connectivity index (χ0n) is 31.8. The minimum Gasteiger partial charge on any atom is -0.495 e. The number of halogens is 3. The quantitative estimate of drug-likeness (QED) is 0.254. The summed E-state index contributed by atoms with van der Waals surface area (Å²) in [5, 5.41) is 7.87. The van der Waals surface area contributed by atoms with E-state index in [4.69, 9.17) is 4.74 Å². The van der Waals surface area contributed by atoms with Crippen LogP contribution in [0.2, 0.25) is 0 Å². The lowest BCUT2D eigenvalue weighted by molar-refractivity contribution is -0.141. The molecular weight excluding hydrogens is 763 g/mol. The van der Waals surface area contributed by atoms with Gasteiger partial charge in [-0.25, -0.2) is 4.98 Å².